The van der Waals surface area contributed by atoms with E-state index in [1.54, 1.807) is 0 Å². The van der Waals surface area contributed by atoms with Gasteiger partial charge in [0.2, 0.25) is 0 Å². The van der Waals surface area contributed by atoms with E-state index in [1.165, 1.54) is 16.3 Å². The number of hydrogen-bond donors (Lipinski definition) is 0. The second-order valence-corrected chi connectivity index (χ2v) is 12.6. The van der Waals surface area contributed by atoms with Gasteiger partial charge in [0.05, 0.1) is 8.07 Å². The van der Waals surface area contributed by atoms with Crippen LogP contribution in [0, 0.1) is 0 Å². The van der Waals surface area contributed by atoms with Gasteiger partial charge in [0.1, 0.15) is 0 Å². The van der Waals surface area contributed by atoms with Gasteiger partial charge >= 0.3 is 0 Å². The molecule has 0 unspecified atom stereocenters. The highest BCUT2D eigenvalue weighted by Gasteiger charge is 2.41. The van der Waals surface area contributed by atoms with Crippen LogP contribution in [-0.4, -0.2) is 14.4 Å². The van der Waals surface area contributed by atoms with Crippen molar-refractivity contribution in [3.63, 3.8) is 0 Å². The highest BCUT2D eigenvalue weighted by atomic mass is 28.3. The van der Waals surface area contributed by atoms with Crippen LogP contribution in [0.3, 0.4) is 0 Å². The predicted octanol–water partition coefficient (Wildman–Crippen LogP) is 4.88. The van der Waals surface area contributed by atoms with Crippen molar-refractivity contribution in [3.05, 3.63) is 41.5 Å². The summed E-state index contributed by atoms with van der Waals surface area (Å²) in [6, 6.07) is 10.4. The molecule has 0 heterocycles. The van der Waals surface area contributed by atoms with Crippen LogP contribution in [0.25, 0.3) is 11.1 Å². The Labute approximate surface area is 129 Å². The Hall–Kier alpha value is -1.41. The van der Waals surface area contributed by atoms with E-state index in [2.05, 4.69) is 59.0 Å². The average molecular weight is 299 g/mol. The van der Waals surface area contributed by atoms with E-state index in [4.69, 9.17) is 0 Å². The van der Waals surface area contributed by atoms with Crippen molar-refractivity contribution >= 4 is 19.5 Å². The maximum atomic E-state index is 11.9. The van der Waals surface area contributed by atoms with Crippen LogP contribution in [0.5, 0.6) is 0 Å². The molecule has 2 aliphatic carbocycles. The zero-order valence-corrected chi connectivity index (χ0v) is 15.1. The van der Waals surface area contributed by atoms with Gasteiger partial charge in [-0.1, -0.05) is 71.1 Å². The van der Waals surface area contributed by atoms with Crippen LogP contribution in [0.2, 0.25) is 18.1 Å². The lowest BCUT2D eigenvalue weighted by molar-refractivity contribution is 0.112. The molecule has 0 fully saturated rings. The monoisotopic (exact) mass is 298 g/mol. The van der Waals surface area contributed by atoms with E-state index in [0.717, 1.165) is 23.8 Å². The lowest BCUT2D eigenvalue weighted by atomic mass is 10.1. The van der Waals surface area contributed by atoms with Crippen LogP contribution < -0.4 is 5.19 Å². The van der Waals surface area contributed by atoms with Gasteiger partial charge in [-0.2, -0.15) is 0 Å². The third-order valence-corrected chi connectivity index (χ3v) is 10.8. The van der Waals surface area contributed by atoms with Crippen LogP contribution in [0.4, 0.5) is 0 Å². The molecule has 0 saturated heterocycles. The maximum Gasteiger partial charge on any atom is 0.150 e. The first kappa shape index (κ1) is 16.0. The van der Waals surface area contributed by atoms with Crippen molar-refractivity contribution in [1.29, 1.82) is 0 Å². The SMILES string of the molecule is CCc1c2cccccc-2c(C=O)c1[Si](C)(C)C(C)(C)C. The van der Waals surface area contributed by atoms with Crippen molar-refractivity contribution in [2.45, 2.75) is 52.2 Å². The first-order valence-corrected chi connectivity index (χ1v) is 10.7. The zero-order chi connectivity index (χ0) is 15.8. The van der Waals surface area contributed by atoms with Crippen molar-refractivity contribution in [1.82, 2.24) is 0 Å². The Morgan fingerprint density at radius 2 is 1.62 bits per heavy atom. The molecule has 1 nitrogen and oxygen atoms in total. The number of carbonyl (C=O) groups is 1. The second kappa shape index (κ2) is 5.41. The van der Waals surface area contributed by atoms with Crippen molar-refractivity contribution < 1.29 is 4.79 Å². The molecule has 2 heteroatoms. The molecule has 2 rings (SSSR count). The van der Waals surface area contributed by atoms with E-state index in [9.17, 15) is 4.79 Å². The van der Waals surface area contributed by atoms with Crippen molar-refractivity contribution in [2.75, 3.05) is 0 Å². The standard InChI is InChI=1S/C19H26OSi/c1-7-14-15-11-9-8-10-12-16(15)17(13-20)18(14)21(5,6)19(2,3)4/h8-13H,7H2,1-6H3. The molecule has 0 aliphatic heterocycles. The molecule has 112 valence electrons. The van der Waals surface area contributed by atoms with E-state index in [0.29, 0.717) is 0 Å². The summed E-state index contributed by atoms with van der Waals surface area (Å²) in [7, 11) is -1.75. The van der Waals surface area contributed by atoms with Gasteiger partial charge in [0.25, 0.3) is 0 Å². The molecule has 21 heavy (non-hydrogen) atoms. The molecule has 0 radical (unpaired) electrons. The van der Waals surface area contributed by atoms with Crippen molar-refractivity contribution in [3.8, 4) is 11.1 Å². The lowest BCUT2D eigenvalue weighted by Gasteiger charge is -2.38. The molecule has 0 aromatic rings. The molecule has 0 atom stereocenters. The van der Waals surface area contributed by atoms with Crippen LogP contribution in [-0.2, 0) is 6.42 Å². The van der Waals surface area contributed by atoms with Gasteiger partial charge < -0.3 is 0 Å². The van der Waals surface area contributed by atoms with E-state index >= 15 is 0 Å². The second-order valence-electron chi connectivity index (χ2n) is 7.35. The molecule has 0 N–H and O–H groups in total. The Balaban J connectivity index is 2.92. The Kier molecular flexibility index (Phi) is 4.12. The Morgan fingerprint density at radius 3 is 2.10 bits per heavy atom. The molecule has 0 saturated carbocycles. The van der Waals surface area contributed by atoms with Gasteiger partial charge in [-0.25, -0.2) is 0 Å². The highest BCUT2D eigenvalue weighted by molar-refractivity contribution is 6.93. The van der Waals surface area contributed by atoms with Crippen LogP contribution >= 0.6 is 0 Å². The average Bonchev–Trinajstić information content (AvgIpc) is 2.55. The molecule has 2 aliphatic rings. The molecule has 0 spiro atoms. The normalized spacial score (nSPS) is 12.7. The Morgan fingerprint density at radius 1 is 1.05 bits per heavy atom. The topological polar surface area (TPSA) is 17.1 Å². The summed E-state index contributed by atoms with van der Waals surface area (Å²) in [4.78, 5) is 11.9. The summed E-state index contributed by atoms with van der Waals surface area (Å²) in [5, 5.41) is 1.59. The van der Waals surface area contributed by atoms with E-state index in [1.807, 2.05) is 12.1 Å². The summed E-state index contributed by atoms with van der Waals surface area (Å²) in [6.45, 7) is 13.9. The van der Waals surface area contributed by atoms with E-state index < -0.39 is 8.07 Å². The molecule has 0 aromatic carbocycles. The third-order valence-electron chi connectivity index (χ3n) is 5.20. The highest BCUT2D eigenvalue weighted by Crippen LogP contribution is 2.40. The fraction of sp³-hybridized carbons (Fsp3) is 0.421. The summed E-state index contributed by atoms with van der Waals surface area (Å²) in [5.74, 6) is 0. The predicted molar refractivity (Wildman–Crippen MR) is 94.7 cm³/mol. The quantitative estimate of drug-likeness (QED) is 0.583. The van der Waals surface area contributed by atoms with Gasteiger partial charge in [0, 0.05) is 5.56 Å². The van der Waals surface area contributed by atoms with Gasteiger partial charge in [0.15, 0.2) is 6.29 Å². The first-order valence-electron chi connectivity index (χ1n) is 7.75. The van der Waals surface area contributed by atoms with Gasteiger partial charge in [-0.05, 0) is 33.3 Å². The fourth-order valence-corrected chi connectivity index (χ4v) is 5.74. The van der Waals surface area contributed by atoms with Crippen LogP contribution in [0.1, 0.15) is 43.6 Å². The van der Waals surface area contributed by atoms with Gasteiger partial charge in [-0.3, -0.25) is 4.79 Å². The number of rotatable bonds is 3. The number of hydrogen-bond acceptors (Lipinski definition) is 1. The van der Waals surface area contributed by atoms with Crippen LogP contribution in [0.15, 0.2) is 30.3 Å². The lowest BCUT2D eigenvalue weighted by Crippen LogP contribution is -2.51. The largest absolute Gasteiger partial charge is 0.298 e. The maximum absolute atomic E-state index is 11.9. The fourth-order valence-electron chi connectivity index (χ4n) is 3.06. The number of carbonyl (C=O) groups excluding carboxylic acids is 1. The Bertz CT molecular complexity index is 635. The molecular formula is C19H26OSi. The summed E-state index contributed by atoms with van der Waals surface area (Å²) < 4.78 is 0. The smallest absolute Gasteiger partial charge is 0.150 e. The molecule has 0 amide bonds. The minimum Gasteiger partial charge on any atom is -0.298 e. The first-order chi connectivity index (χ1) is 9.75. The summed E-state index contributed by atoms with van der Waals surface area (Å²) >= 11 is 0. The summed E-state index contributed by atoms with van der Waals surface area (Å²) in [5.41, 5.74) is 4.69. The van der Waals surface area contributed by atoms with Gasteiger partial charge in [-0.15, -0.1) is 0 Å². The minimum atomic E-state index is -1.75. The zero-order valence-electron chi connectivity index (χ0n) is 14.1. The molecular weight excluding hydrogens is 272 g/mol. The molecule has 0 aromatic heterocycles. The molecule has 0 bridgehead atoms. The number of fused-ring (bicyclic) bond motifs is 1. The van der Waals surface area contributed by atoms with Crippen molar-refractivity contribution in [2.24, 2.45) is 0 Å². The van der Waals surface area contributed by atoms with E-state index in [-0.39, 0.29) is 5.04 Å². The number of aldehydes is 1. The minimum absolute atomic E-state index is 0.223. The summed E-state index contributed by atoms with van der Waals surface area (Å²) in [6.07, 6.45) is 2.06. The third kappa shape index (κ3) is 2.46.